The normalized spacial score (nSPS) is 22.6. The average molecular weight is 387 g/mol. The molecule has 2 aromatic rings. The van der Waals surface area contributed by atoms with E-state index in [1.165, 1.54) is 36.1 Å². The molecule has 0 atom stereocenters. The molecule has 0 aromatic carbocycles. The van der Waals surface area contributed by atoms with Crippen LogP contribution in [0.15, 0.2) is 10.5 Å². The minimum absolute atomic E-state index is 0.110. The molecule has 7 heteroatoms. The minimum Gasteiger partial charge on any atom is -0.419 e. The Bertz CT molecular complexity index is 827. The molecule has 0 saturated carbocycles. The second-order valence-electron chi connectivity index (χ2n) is 8.30. The van der Waals surface area contributed by atoms with Crippen LogP contribution in [0.2, 0.25) is 0 Å². The number of nitrogens with zero attached hydrogens (tertiary/aromatic N) is 4. The van der Waals surface area contributed by atoms with Crippen molar-refractivity contribution in [1.82, 2.24) is 20.0 Å². The highest BCUT2D eigenvalue weighted by Gasteiger charge is 2.46. The predicted molar refractivity (Wildman–Crippen MR) is 103 cm³/mol. The van der Waals surface area contributed by atoms with E-state index in [1.807, 2.05) is 23.3 Å². The number of piperidine rings is 1. The van der Waals surface area contributed by atoms with Gasteiger partial charge in [-0.05, 0) is 69.7 Å². The van der Waals surface area contributed by atoms with Crippen LogP contribution in [0.1, 0.15) is 48.4 Å². The van der Waals surface area contributed by atoms with Gasteiger partial charge in [0.15, 0.2) is 0 Å². The molecule has 0 bridgehead atoms. The molecule has 5 rings (SSSR count). The third-order valence-electron chi connectivity index (χ3n) is 6.57. The molecule has 0 radical (unpaired) electrons. The van der Waals surface area contributed by atoms with Crippen LogP contribution in [0.3, 0.4) is 0 Å². The summed E-state index contributed by atoms with van der Waals surface area (Å²) >= 11 is 1.81. The molecule has 27 heavy (non-hydrogen) atoms. The van der Waals surface area contributed by atoms with Crippen LogP contribution in [0.4, 0.5) is 0 Å². The molecule has 4 heterocycles. The van der Waals surface area contributed by atoms with Gasteiger partial charge in [0.05, 0.1) is 16.8 Å². The molecule has 2 aromatic heterocycles. The fourth-order valence-corrected chi connectivity index (χ4v) is 5.98. The lowest BCUT2D eigenvalue weighted by molar-refractivity contribution is -0.137. The summed E-state index contributed by atoms with van der Waals surface area (Å²) in [5.74, 6) is 1.68. The van der Waals surface area contributed by atoms with Gasteiger partial charge in [-0.1, -0.05) is 0 Å². The quantitative estimate of drug-likeness (QED) is 0.811. The van der Waals surface area contributed by atoms with Crippen LogP contribution >= 0.6 is 11.3 Å². The van der Waals surface area contributed by atoms with Gasteiger partial charge in [-0.3, -0.25) is 9.69 Å². The summed E-state index contributed by atoms with van der Waals surface area (Å²) in [6, 6.07) is 2.24. The number of carbonyl (C=O) groups is 1. The van der Waals surface area contributed by atoms with Crippen molar-refractivity contribution in [3.05, 3.63) is 22.4 Å². The van der Waals surface area contributed by atoms with Crippen LogP contribution in [-0.4, -0.2) is 52.6 Å². The number of likely N-dealkylation sites (tertiary alicyclic amines) is 2. The molecular formula is C20H26N4O2S. The molecule has 144 valence electrons. The molecule has 2 aliphatic heterocycles. The molecule has 1 amide bonds. The monoisotopic (exact) mass is 386 g/mol. The number of fused-ring (bicyclic) bond motifs is 1. The van der Waals surface area contributed by atoms with Crippen molar-refractivity contribution < 1.29 is 9.21 Å². The zero-order chi connectivity index (χ0) is 18.4. The second-order valence-corrected chi connectivity index (χ2v) is 9.44. The number of aromatic nitrogens is 2. The Morgan fingerprint density at radius 1 is 1.15 bits per heavy atom. The summed E-state index contributed by atoms with van der Waals surface area (Å²) in [7, 11) is 1.92. The molecule has 2 fully saturated rings. The SMILES string of the molecule is CN1CCC2(CCN(Cc3nnc(-c4cc5c(s4)CCCC5)o3)CC2)C1=O. The van der Waals surface area contributed by atoms with Crippen molar-refractivity contribution in [2.75, 3.05) is 26.7 Å². The molecule has 1 aliphatic carbocycles. The summed E-state index contributed by atoms with van der Waals surface area (Å²) < 4.78 is 5.98. The molecule has 0 N–H and O–H groups in total. The van der Waals surface area contributed by atoms with E-state index in [-0.39, 0.29) is 5.41 Å². The zero-order valence-corrected chi connectivity index (χ0v) is 16.7. The number of carbonyl (C=O) groups excluding carboxylic acids is 1. The maximum Gasteiger partial charge on any atom is 0.257 e. The molecular weight excluding hydrogens is 360 g/mol. The molecule has 3 aliphatic rings. The average Bonchev–Trinajstić information content (AvgIpc) is 3.38. The summed E-state index contributed by atoms with van der Waals surface area (Å²) in [6.07, 6.45) is 7.82. The largest absolute Gasteiger partial charge is 0.419 e. The fourth-order valence-electron chi connectivity index (χ4n) is 4.80. The summed E-state index contributed by atoms with van der Waals surface area (Å²) in [5, 5.41) is 8.58. The number of rotatable bonds is 3. The van der Waals surface area contributed by atoms with E-state index in [0.29, 0.717) is 24.2 Å². The van der Waals surface area contributed by atoms with E-state index in [0.717, 1.165) is 43.8 Å². The zero-order valence-electron chi connectivity index (χ0n) is 15.9. The number of hydrogen-bond donors (Lipinski definition) is 0. The Hall–Kier alpha value is -1.73. The lowest BCUT2D eigenvalue weighted by Crippen LogP contribution is -2.43. The first-order valence-corrected chi connectivity index (χ1v) is 10.9. The highest BCUT2D eigenvalue weighted by atomic mass is 32.1. The van der Waals surface area contributed by atoms with E-state index in [2.05, 4.69) is 21.2 Å². The first-order chi connectivity index (χ1) is 13.1. The van der Waals surface area contributed by atoms with Gasteiger partial charge >= 0.3 is 0 Å². The van der Waals surface area contributed by atoms with Crippen molar-refractivity contribution >= 4 is 17.2 Å². The van der Waals surface area contributed by atoms with Gasteiger partial charge in [-0.25, -0.2) is 0 Å². The maximum absolute atomic E-state index is 12.5. The number of thiophene rings is 1. The summed E-state index contributed by atoms with van der Waals surface area (Å²) in [5.41, 5.74) is 1.36. The maximum atomic E-state index is 12.5. The Morgan fingerprint density at radius 3 is 2.67 bits per heavy atom. The van der Waals surface area contributed by atoms with Crippen molar-refractivity contribution in [3.8, 4) is 10.8 Å². The lowest BCUT2D eigenvalue weighted by atomic mass is 9.77. The second kappa shape index (κ2) is 6.71. The van der Waals surface area contributed by atoms with E-state index in [4.69, 9.17) is 4.42 Å². The van der Waals surface area contributed by atoms with Crippen LogP contribution in [0.5, 0.6) is 0 Å². The molecule has 6 nitrogen and oxygen atoms in total. The van der Waals surface area contributed by atoms with Gasteiger partial charge in [0.1, 0.15) is 0 Å². The van der Waals surface area contributed by atoms with E-state index in [9.17, 15) is 4.79 Å². The van der Waals surface area contributed by atoms with Crippen LogP contribution in [-0.2, 0) is 24.2 Å². The minimum atomic E-state index is -0.110. The highest BCUT2D eigenvalue weighted by Crippen LogP contribution is 2.41. The number of hydrogen-bond acceptors (Lipinski definition) is 6. The van der Waals surface area contributed by atoms with Crippen molar-refractivity contribution in [2.45, 2.75) is 51.5 Å². The molecule has 1 spiro atoms. The number of aryl methyl sites for hydroxylation is 2. The lowest BCUT2D eigenvalue weighted by Gasteiger charge is -2.37. The Morgan fingerprint density at radius 2 is 1.93 bits per heavy atom. The van der Waals surface area contributed by atoms with Crippen LogP contribution in [0.25, 0.3) is 10.8 Å². The molecule has 2 saturated heterocycles. The van der Waals surface area contributed by atoms with Gasteiger partial charge in [0.25, 0.3) is 5.89 Å². The fraction of sp³-hybridized carbons (Fsp3) is 0.650. The standard InChI is InChI=1S/C20H26N4O2S/c1-23-9-6-20(19(23)25)7-10-24(11-8-20)13-17-21-22-18(26-17)16-12-14-4-2-3-5-15(14)27-16/h12H,2-11,13H2,1H3. The van der Waals surface area contributed by atoms with Crippen molar-refractivity contribution in [3.63, 3.8) is 0 Å². The Kier molecular flexibility index (Phi) is 4.31. The summed E-state index contributed by atoms with van der Waals surface area (Å²) in [4.78, 5) is 19.3. The van der Waals surface area contributed by atoms with Gasteiger partial charge in [-0.2, -0.15) is 0 Å². The van der Waals surface area contributed by atoms with Crippen LogP contribution in [0, 0.1) is 5.41 Å². The van der Waals surface area contributed by atoms with E-state index in [1.54, 1.807) is 0 Å². The smallest absolute Gasteiger partial charge is 0.257 e. The van der Waals surface area contributed by atoms with Crippen LogP contribution < -0.4 is 0 Å². The first-order valence-electron chi connectivity index (χ1n) is 10.1. The van der Waals surface area contributed by atoms with Crippen molar-refractivity contribution in [1.29, 1.82) is 0 Å². The van der Waals surface area contributed by atoms with Gasteiger partial charge in [0, 0.05) is 18.5 Å². The predicted octanol–water partition coefficient (Wildman–Crippen LogP) is 3.12. The Balaban J connectivity index is 1.23. The van der Waals surface area contributed by atoms with E-state index < -0.39 is 0 Å². The highest BCUT2D eigenvalue weighted by molar-refractivity contribution is 7.15. The summed E-state index contributed by atoms with van der Waals surface area (Å²) in [6.45, 7) is 3.42. The first kappa shape index (κ1) is 17.4. The van der Waals surface area contributed by atoms with Gasteiger partial charge in [0.2, 0.25) is 11.8 Å². The van der Waals surface area contributed by atoms with E-state index >= 15 is 0 Å². The number of amides is 1. The molecule has 0 unspecified atom stereocenters. The topological polar surface area (TPSA) is 62.5 Å². The van der Waals surface area contributed by atoms with Gasteiger partial charge in [-0.15, -0.1) is 21.5 Å². The Labute approximate surface area is 163 Å². The van der Waals surface area contributed by atoms with Gasteiger partial charge < -0.3 is 9.32 Å². The third-order valence-corrected chi connectivity index (χ3v) is 7.80. The van der Waals surface area contributed by atoms with Crippen molar-refractivity contribution in [2.24, 2.45) is 5.41 Å². The third kappa shape index (κ3) is 3.10.